The van der Waals surface area contributed by atoms with Gasteiger partial charge >= 0.3 is 0 Å². The van der Waals surface area contributed by atoms with E-state index < -0.39 is 0 Å². The number of benzene rings is 2. The number of nitrogens with one attached hydrogen (secondary N) is 2. The molecular formula is C17H17FN2OS. The second kappa shape index (κ2) is 6.75. The van der Waals surface area contributed by atoms with Gasteiger partial charge in [0.1, 0.15) is 11.6 Å². The quantitative estimate of drug-likeness (QED) is 0.851. The van der Waals surface area contributed by atoms with Crippen LogP contribution < -0.4 is 15.4 Å². The molecule has 0 aromatic heterocycles. The monoisotopic (exact) mass is 316 g/mol. The number of ether oxygens (including phenoxy) is 1. The molecule has 114 valence electrons. The van der Waals surface area contributed by atoms with Gasteiger partial charge in [0, 0.05) is 18.5 Å². The molecule has 2 N–H and O–H groups in total. The summed E-state index contributed by atoms with van der Waals surface area (Å²) in [7, 11) is 0. The average Bonchev–Trinajstić information content (AvgIpc) is 2.55. The number of hydrogen-bond acceptors (Lipinski definition) is 2. The topological polar surface area (TPSA) is 33.3 Å². The van der Waals surface area contributed by atoms with Gasteiger partial charge in [-0.2, -0.15) is 0 Å². The third-order valence-electron chi connectivity index (χ3n) is 3.63. The lowest BCUT2D eigenvalue weighted by molar-refractivity contribution is 0.262. The van der Waals surface area contributed by atoms with Crippen molar-refractivity contribution in [1.29, 1.82) is 0 Å². The minimum Gasteiger partial charge on any atom is -0.493 e. The molecule has 22 heavy (non-hydrogen) atoms. The van der Waals surface area contributed by atoms with Crippen molar-refractivity contribution in [3.8, 4) is 5.75 Å². The Balaban J connectivity index is 1.57. The molecular weight excluding hydrogens is 299 g/mol. The van der Waals surface area contributed by atoms with E-state index in [-0.39, 0.29) is 11.9 Å². The van der Waals surface area contributed by atoms with Crippen LogP contribution in [0.3, 0.4) is 0 Å². The van der Waals surface area contributed by atoms with Crippen LogP contribution in [0.5, 0.6) is 5.75 Å². The van der Waals surface area contributed by atoms with E-state index in [1.807, 2.05) is 18.2 Å². The molecule has 1 heterocycles. The molecule has 0 radical (unpaired) electrons. The lowest BCUT2D eigenvalue weighted by atomic mass is 10.0. The minimum atomic E-state index is -0.233. The van der Waals surface area contributed by atoms with Gasteiger partial charge in [-0.05, 0) is 36.0 Å². The highest BCUT2D eigenvalue weighted by molar-refractivity contribution is 7.80. The summed E-state index contributed by atoms with van der Waals surface area (Å²) in [6.07, 6.45) is 0.870. The Hall–Kier alpha value is -2.14. The summed E-state index contributed by atoms with van der Waals surface area (Å²) in [5, 5.41) is 7.07. The highest BCUT2D eigenvalue weighted by Crippen LogP contribution is 2.31. The van der Waals surface area contributed by atoms with Crippen molar-refractivity contribution in [2.24, 2.45) is 0 Å². The van der Waals surface area contributed by atoms with Crippen LogP contribution in [0, 0.1) is 5.82 Å². The summed E-state index contributed by atoms with van der Waals surface area (Å²) in [4.78, 5) is 0. The van der Waals surface area contributed by atoms with Crippen molar-refractivity contribution in [1.82, 2.24) is 10.6 Å². The van der Waals surface area contributed by atoms with Gasteiger partial charge in [0.15, 0.2) is 5.11 Å². The standard InChI is InChI=1S/C17H17FN2OS/c18-13-7-5-12(6-8-13)11-19-17(22)20-15-9-10-21-16-4-2-1-3-14(15)16/h1-8,15H,9-11H2,(H2,19,20,22)/t15-/m0/s1. The van der Waals surface area contributed by atoms with Crippen molar-refractivity contribution >= 4 is 17.3 Å². The number of thiocarbonyl (C=S) groups is 1. The molecule has 2 aromatic rings. The van der Waals surface area contributed by atoms with Gasteiger partial charge in [-0.15, -0.1) is 0 Å². The van der Waals surface area contributed by atoms with Crippen LogP contribution in [0.25, 0.3) is 0 Å². The number of rotatable bonds is 3. The average molecular weight is 316 g/mol. The zero-order chi connectivity index (χ0) is 15.4. The van der Waals surface area contributed by atoms with Gasteiger partial charge < -0.3 is 15.4 Å². The summed E-state index contributed by atoms with van der Waals surface area (Å²) in [5.41, 5.74) is 2.11. The number of fused-ring (bicyclic) bond motifs is 1. The molecule has 1 aliphatic heterocycles. The Morgan fingerprint density at radius 1 is 1.18 bits per heavy atom. The van der Waals surface area contributed by atoms with Crippen molar-refractivity contribution in [3.05, 3.63) is 65.5 Å². The lowest BCUT2D eigenvalue weighted by Gasteiger charge is -2.27. The normalized spacial score (nSPS) is 16.3. The molecule has 5 heteroatoms. The first-order chi connectivity index (χ1) is 10.7. The zero-order valence-electron chi connectivity index (χ0n) is 12.0. The minimum absolute atomic E-state index is 0.151. The summed E-state index contributed by atoms with van der Waals surface area (Å²) < 4.78 is 18.5. The number of halogens is 1. The molecule has 0 bridgehead atoms. The van der Waals surface area contributed by atoms with Gasteiger partial charge in [-0.3, -0.25) is 0 Å². The molecule has 0 unspecified atom stereocenters. The second-order valence-corrected chi connectivity index (χ2v) is 5.59. The smallest absolute Gasteiger partial charge is 0.167 e. The van der Waals surface area contributed by atoms with Gasteiger partial charge in [-0.25, -0.2) is 4.39 Å². The maximum absolute atomic E-state index is 12.9. The molecule has 3 nitrogen and oxygen atoms in total. The fraction of sp³-hybridized carbons (Fsp3) is 0.235. The van der Waals surface area contributed by atoms with E-state index in [1.54, 1.807) is 12.1 Å². The second-order valence-electron chi connectivity index (χ2n) is 5.18. The summed E-state index contributed by atoms with van der Waals surface area (Å²) in [6, 6.07) is 14.5. The Bertz CT molecular complexity index is 660. The molecule has 0 saturated heterocycles. The highest BCUT2D eigenvalue weighted by Gasteiger charge is 2.21. The molecule has 3 rings (SSSR count). The lowest BCUT2D eigenvalue weighted by Crippen LogP contribution is -2.39. The van der Waals surface area contributed by atoms with Crippen LogP contribution in [0.1, 0.15) is 23.6 Å². The van der Waals surface area contributed by atoms with E-state index in [9.17, 15) is 4.39 Å². The van der Waals surface area contributed by atoms with Crippen LogP contribution in [0.4, 0.5) is 4.39 Å². The Morgan fingerprint density at radius 2 is 1.95 bits per heavy atom. The molecule has 0 spiro atoms. The predicted molar refractivity (Wildman–Crippen MR) is 88.3 cm³/mol. The van der Waals surface area contributed by atoms with Crippen molar-refractivity contribution in [3.63, 3.8) is 0 Å². The van der Waals surface area contributed by atoms with Gasteiger partial charge in [-0.1, -0.05) is 30.3 Å². The third-order valence-corrected chi connectivity index (χ3v) is 3.89. The van der Waals surface area contributed by atoms with Crippen LogP contribution in [-0.4, -0.2) is 11.7 Å². The summed E-state index contributed by atoms with van der Waals surface area (Å²) >= 11 is 5.35. The summed E-state index contributed by atoms with van der Waals surface area (Å²) in [5.74, 6) is 0.677. The van der Waals surface area contributed by atoms with E-state index in [0.717, 1.165) is 23.3 Å². The van der Waals surface area contributed by atoms with E-state index in [0.29, 0.717) is 18.3 Å². The molecule has 2 aromatic carbocycles. The first-order valence-electron chi connectivity index (χ1n) is 7.23. The molecule has 0 aliphatic carbocycles. The van der Waals surface area contributed by atoms with Crippen molar-refractivity contribution in [2.45, 2.75) is 19.0 Å². The van der Waals surface area contributed by atoms with Gasteiger partial charge in [0.05, 0.1) is 12.6 Å². The zero-order valence-corrected chi connectivity index (χ0v) is 12.8. The Labute approximate surface area is 134 Å². The molecule has 1 atom stereocenters. The molecule has 0 amide bonds. The van der Waals surface area contributed by atoms with E-state index in [1.165, 1.54) is 12.1 Å². The maximum Gasteiger partial charge on any atom is 0.167 e. The van der Waals surface area contributed by atoms with Crippen molar-refractivity contribution in [2.75, 3.05) is 6.61 Å². The van der Waals surface area contributed by atoms with Crippen LogP contribution in [0.15, 0.2) is 48.5 Å². The third kappa shape index (κ3) is 3.54. The maximum atomic E-state index is 12.9. The molecule has 0 saturated carbocycles. The Kier molecular flexibility index (Phi) is 4.53. The fourth-order valence-corrected chi connectivity index (χ4v) is 2.70. The highest BCUT2D eigenvalue weighted by atomic mass is 32.1. The number of para-hydroxylation sites is 1. The first-order valence-corrected chi connectivity index (χ1v) is 7.64. The van der Waals surface area contributed by atoms with E-state index >= 15 is 0 Å². The largest absolute Gasteiger partial charge is 0.493 e. The fourth-order valence-electron chi connectivity index (χ4n) is 2.49. The van der Waals surface area contributed by atoms with Crippen LogP contribution >= 0.6 is 12.2 Å². The summed E-state index contributed by atoms with van der Waals surface area (Å²) in [6.45, 7) is 1.24. The van der Waals surface area contributed by atoms with Crippen LogP contribution in [-0.2, 0) is 6.54 Å². The molecule has 0 fully saturated rings. The van der Waals surface area contributed by atoms with Gasteiger partial charge in [0.25, 0.3) is 0 Å². The van der Waals surface area contributed by atoms with E-state index in [2.05, 4.69) is 16.7 Å². The predicted octanol–water partition coefficient (Wildman–Crippen LogP) is 3.31. The van der Waals surface area contributed by atoms with Gasteiger partial charge in [0.2, 0.25) is 0 Å². The number of hydrogen-bond donors (Lipinski definition) is 2. The van der Waals surface area contributed by atoms with E-state index in [4.69, 9.17) is 17.0 Å². The SMILES string of the molecule is Fc1ccc(CNC(=S)N[C@H]2CCOc3ccccc32)cc1. The molecule has 1 aliphatic rings. The Morgan fingerprint density at radius 3 is 2.77 bits per heavy atom. The van der Waals surface area contributed by atoms with Crippen molar-refractivity contribution < 1.29 is 9.13 Å². The first kappa shape index (κ1) is 14.8. The van der Waals surface area contributed by atoms with Crippen LogP contribution in [0.2, 0.25) is 0 Å².